The summed E-state index contributed by atoms with van der Waals surface area (Å²) in [5.41, 5.74) is 2.04. The molecule has 11 nitrogen and oxygen atoms in total. The Morgan fingerprint density at radius 2 is 1.93 bits per heavy atom. The maximum atomic E-state index is 14.8. The number of rotatable bonds is 7. The van der Waals surface area contributed by atoms with Gasteiger partial charge >= 0.3 is 0 Å². The molecule has 3 aromatic rings. The van der Waals surface area contributed by atoms with E-state index >= 15 is 0 Å². The number of hydrogen-bond donors (Lipinski definition) is 3. The number of amides is 1. The van der Waals surface area contributed by atoms with Crippen LogP contribution in [0.3, 0.4) is 0 Å². The van der Waals surface area contributed by atoms with E-state index in [1.54, 1.807) is 18.2 Å². The van der Waals surface area contributed by atoms with Gasteiger partial charge in [0.1, 0.15) is 30.4 Å². The molecule has 0 unspecified atom stereocenters. The SMILES string of the molecule is C[C@H](O)C(=O)N1CC[C@H](Oc2ccc(-c3ncnc(Nc4ccc(N5CCC(C)(O)CC5)cc4)n3)cc2C#N)[C@@H](F)C1. The van der Waals surface area contributed by atoms with Gasteiger partial charge in [-0.05, 0) is 69.2 Å². The van der Waals surface area contributed by atoms with Crippen LogP contribution in [0.5, 0.6) is 5.75 Å². The molecule has 2 aliphatic heterocycles. The van der Waals surface area contributed by atoms with Crippen LogP contribution in [0, 0.1) is 11.3 Å². The fourth-order valence-electron chi connectivity index (χ4n) is 5.13. The Hall–Kier alpha value is -4.34. The topological polar surface area (TPSA) is 148 Å². The van der Waals surface area contributed by atoms with E-state index in [1.165, 1.54) is 18.2 Å². The summed E-state index contributed by atoms with van der Waals surface area (Å²) in [6, 6.07) is 14.9. The van der Waals surface area contributed by atoms with Crippen molar-refractivity contribution < 1.29 is 24.1 Å². The maximum absolute atomic E-state index is 14.8. The van der Waals surface area contributed by atoms with Gasteiger partial charge < -0.3 is 30.1 Å². The molecule has 42 heavy (non-hydrogen) atoms. The lowest BCUT2D eigenvalue weighted by atomic mass is 9.93. The Morgan fingerprint density at radius 1 is 1.19 bits per heavy atom. The molecule has 1 aromatic heterocycles. The van der Waals surface area contributed by atoms with E-state index in [1.807, 2.05) is 31.2 Å². The summed E-state index contributed by atoms with van der Waals surface area (Å²) in [5, 5.41) is 32.6. The fourth-order valence-corrected chi connectivity index (χ4v) is 5.13. The zero-order chi connectivity index (χ0) is 29.9. The molecule has 12 heteroatoms. The van der Waals surface area contributed by atoms with Crippen LogP contribution in [-0.4, -0.2) is 86.1 Å². The van der Waals surface area contributed by atoms with Gasteiger partial charge in [0.25, 0.3) is 5.91 Å². The third-order valence-corrected chi connectivity index (χ3v) is 7.69. The molecule has 0 radical (unpaired) electrons. The maximum Gasteiger partial charge on any atom is 0.251 e. The average molecular weight is 576 g/mol. The standard InChI is InChI=1S/C30H34FN7O4/c1-19(39)28(40)38-12-9-26(24(31)17-38)42-25-8-3-20(15-21(25)16-32)27-33-18-34-29(36-27)35-22-4-6-23(7-5-22)37-13-10-30(2,41)11-14-37/h3-8,15,18-19,24,26,39,41H,9-14,17H2,1-2H3,(H,33,34,35,36)/t19-,24-,26-/m0/s1. The molecule has 0 saturated carbocycles. The Kier molecular flexibility index (Phi) is 8.51. The molecular weight excluding hydrogens is 541 g/mol. The number of alkyl halides is 1. The van der Waals surface area contributed by atoms with Crippen molar-refractivity contribution in [1.82, 2.24) is 19.9 Å². The monoisotopic (exact) mass is 575 g/mol. The summed E-state index contributed by atoms with van der Waals surface area (Å²) in [5.74, 6) is 0.393. The molecule has 0 aliphatic carbocycles. The lowest BCUT2D eigenvalue weighted by Crippen LogP contribution is -2.51. The summed E-state index contributed by atoms with van der Waals surface area (Å²) in [6.07, 6.45) is -0.418. The van der Waals surface area contributed by atoms with Crippen LogP contribution in [-0.2, 0) is 4.79 Å². The summed E-state index contributed by atoms with van der Waals surface area (Å²) < 4.78 is 20.7. The van der Waals surface area contributed by atoms with Crippen LogP contribution in [0.4, 0.5) is 21.7 Å². The average Bonchev–Trinajstić information content (AvgIpc) is 2.98. The molecule has 2 aromatic carbocycles. The number of halogens is 1. The van der Waals surface area contributed by atoms with Gasteiger partial charge in [0.2, 0.25) is 5.95 Å². The highest BCUT2D eigenvalue weighted by Gasteiger charge is 2.34. The molecule has 0 spiro atoms. The molecule has 1 amide bonds. The second-order valence-corrected chi connectivity index (χ2v) is 11.0. The van der Waals surface area contributed by atoms with Gasteiger partial charge in [-0.25, -0.2) is 14.4 Å². The van der Waals surface area contributed by atoms with Crippen molar-refractivity contribution in [2.45, 2.75) is 57.1 Å². The van der Waals surface area contributed by atoms with Crippen molar-refractivity contribution in [3.8, 4) is 23.2 Å². The van der Waals surface area contributed by atoms with Gasteiger partial charge in [-0.2, -0.15) is 10.2 Å². The van der Waals surface area contributed by atoms with Crippen molar-refractivity contribution in [1.29, 1.82) is 5.26 Å². The van der Waals surface area contributed by atoms with Crippen molar-refractivity contribution in [3.05, 3.63) is 54.4 Å². The van der Waals surface area contributed by atoms with Crippen molar-refractivity contribution in [2.24, 2.45) is 0 Å². The number of aromatic nitrogens is 3. The number of hydrogen-bond acceptors (Lipinski definition) is 10. The highest BCUT2D eigenvalue weighted by Crippen LogP contribution is 2.30. The molecule has 2 fully saturated rings. The smallest absolute Gasteiger partial charge is 0.251 e. The Balaban J connectivity index is 1.24. The first-order chi connectivity index (χ1) is 20.1. The van der Waals surface area contributed by atoms with E-state index < -0.39 is 29.9 Å². The van der Waals surface area contributed by atoms with Crippen LogP contribution in [0.2, 0.25) is 0 Å². The molecule has 2 aliphatic rings. The molecule has 220 valence electrons. The minimum atomic E-state index is -1.46. The third kappa shape index (κ3) is 6.75. The van der Waals surface area contributed by atoms with Crippen LogP contribution in [0.25, 0.3) is 11.4 Å². The van der Waals surface area contributed by atoms with Gasteiger partial charge in [-0.1, -0.05) is 0 Å². The highest BCUT2D eigenvalue weighted by atomic mass is 19.1. The minimum absolute atomic E-state index is 0.181. The molecular formula is C30H34FN7O4. The highest BCUT2D eigenvalue weighted by molar-refractivity contribution is 5.80. The van der Waals surface area contributed by atoms with E-state index in [9.17, 15) is 24.7 Å². The number of benzene rings is 2. The number of likely N-dealkylation sites (tertiary alicyclic amines) is 1. The quantitative estimate of drug-likeness (QED) is 0.384. The number of ether oxygens (including phenoxy) is 1. The van der Waals surface area contributed by atoms with Gasteiger partial charge in [0.05, 0.1) is 17.7 Å². The minimum Gasteiger partial charge on any atom is -0.486 e. The number of carbonyl (C=O) groups is 1. The van der Waals surface area contributed by atoms with E-state index in [0.717, 1.165) is 37.3 Å². The second kappa shape index (κ2) is 12.3. The van der Waals surface area contributed by atoms with Gasteiger partial charge in [0, 0.05) is 43.0 Å². The predicted octanol–water partition coefficient (Wildman–Crippen LogP) is 3.20. The lowest BCUT2D eigenvalue weighted by molar-refractivity contribution is -0.143. The number of nitrogens with zero attached hydrogens (tertiary/aromatic N) is 6. The molecule has 5 rings (SSSR count). The van der Waals surface area contributed by atoms with Crippen LogP contribution < -0.4 is 15.0 Å². The Labute approximate surface area is 243 Å². The summed E-state index contributed by atoms with van der Waals surface area (Å²) in [6.45, 7) is 4.89. The molecule has 2 saturated heterocycles. The molecule has 3 heterocycles. The fraction of sp³-hybridized carbons (Fsp3) is 0.433. The largest absolute Gasteiger partial charge is 0.486 e. The van der Waals surface area contributed by atoms with E-state index in [2.05, 4.69) is 31.2 Å². The van der Waals surface area contributed by atoms with Crippen LogP contribution >= 0.6 is 0 Å². The Morgan fingerprint density at radius 3 is 2.60 bits per heavy atom. The first kappa shape index (κ1) is 29.2. The van der Waals surface area contributed by atoms with Crippen molar-refractivity contribution >= 4 is 23.2 Å². The first-order valence-corrected chi connectivity index (χ1v) is 14.0. The van der Waals surface area contributed by atoms with Crippen molar-refractivity contribution in [2.75, 3.05) is 36.4 Å². The number of piperidine rings is 2. The Bertz CT molecular complexity index is 1450. The zero-order valence-corrected chi connectivity index (χ0v) is 23.6. The summed E-state index contributed by atoms with van der Waals surface area (Å²) in [7, 11) is 0. The first-order valence-electron chi connectivity index (χ1n) is 14.0. The molecule has 0 bridgehead atoms. The predicted molar refractivity (Wildman–Crippen MR) is 154 cm³/mol. The number of aliphatic hydroxyl groups excluding tert-OH is 1. The number of anilines is 3. The van der Waals surface area contributed by atoms with Gasteiger partial charge in [0.15, 0.2) is 12.0 Å². The van der Waals surface area contributed by atoms with E-state index in [4.69, 9.17) is 4.74 Å². The van der Waals surface area contributed by atoms with Crippen molar-refractivity contribution in [3.63, 3.8) is 0 Å². The van der Waals surface area contributed by atoms with Crippen LogP contribution in [0.15, 0.2) is 48.8 Å². The summed E-state index contributed by atoms with van der Waals surface area (Å²) in [4.78, 5) is 28.5. The van der Waals surface area contributed by atoms with E-state index in [-0.39, 0.29) is 30.8 Å². The number of nitriles is 1. The van der Waals surface area contributed by atoms with Gasteiger partial charge in [-0.15, -0.1) is 0 Å². The number of aliphatic hydroxyl groups is 2. The molecule has 3 atom stereocenters. The third-order valence-electron chi connectivity index (χ3n) is 7.69. The van der Waals surface area contributed by atoms with Gasteiger partial charge in [-0.3, -0.25) is 4.79 Å². The summed E-state index contributed by atoms with van der Waals surface area (Å²) >= 11 is 0. The molecule has 3 N–H and O–H groups in total. The lowest BCUT2D eigenvalue weighted by Gasteiger charge is -2.37. The second-order valence-electron chi connectivity index (χ2n) is 11.0. The number of nitrogens with one attached hydrogen (secondary N) is 1. The van der Waals surface area contributed by atoms with Crippen LogP contribution in [0.1, 0.15) is 38.7 Å². The zero-order valence-electron chi connectivity index (χ0n) is 23.6. The normalized spacial score (nSPS) is 20.9. The van der Waals surface area contributed by atoms with E-state index in [0.29, 0.717) is 17.3 Å². The number of carbonyl (C=O) groups excluding carboxylic acids is 1.